The minimum absolute atomic E-state index is 0.0382. The average molecular weight is 669 g/mol. The van der Waals surface area contributed by atoms with E-state index in [0.717, 1.165) is 56.9 Å². The van der Waals surface area contributed by atoms with Crippen LogP contribution in [0.5, 0.6) is 0 Å². The van der Waals surface area contributed by atoms with Crippen LogP contribution in [0.2, 0.25) is 0 Å². The Hall–Kier alpha value is -2.03. The molecule has 6 aliphatic rings. The van der Waals surface area contributed by atoms with Crippen molar-refractivity contribution in [1.29, 1.82) is 0 Å². The number of rotatable bonds is 18. The highest BCUT2D eigenvalue weighted by Crippen LogP contribution is 2.41. The predicted octanol–water partition coefficient (Wildman–Crippen LogP) is 7.80. The van der Waals surface area contributed by atoms with Gasteiger partial charge in [-0.05, 0) is 91.4 Å². The summed E-state index contributed by atoms with van der Waals surface area (Å²) < 4.78 is 6.10. The summed E-state index contributed by atoms with van der Waals surface area (Å²) in [6.45, 7) is 8.58. The van der Waals surface area contributed by atoms with Gasteiger partial charge in [0.25, 0.3) is 0 Å². The standard InChI is InChI=1S/C39H68N6O3/c1-5-6-7-8-9-12-15-18-30-25-34-22-23-35-36(29(4)40-38(41-30)44(34)35)37(46)48-28(3)17-14-11-10-13-16-19-31-26-33-21-20-32-24-27(2)45(47)39(42-31)43(32)33/h27-36,47H,5-26H2,1-4H3,(H,40,41)/t27-,28?,29-,30-,31-,32+,33+,34+,35+,36+/m1/s1. The minimum Gasteiger partial charge on any atom is -0.462 e. The second-order valence-electron chi connectivity index (χ2n) is 16.5. The fraction of sp³-hybridized carbons (Fsp3) is 0.923. The van der Waals surface area contributed by atoms with E-state index in [4.69, 9.17) is 14.7 Å². The summed E-state index contributed by atoms with van der Waals surface area (Å²) in [5.41, 5.74) is 0. The van der Waals surface area contributed by atoms with E-state index in [2.05, 4.69) is 42.8 Å². The molecule has 6 rings (SSSR count). The van der Waals surface area contributed by atoms with Crippen LogP contribution in [-0.2, 0) is 9.53 Å². The number of hydroxylamine groups is 2. The van der Waals surface area contributed by atoms with Crippen LogP contribution in [0.25, 0.3) is 0 Å². The van der Waals surface area contributed by atoms with E-state index in [1.54, 1.807) is 0 Å². The summed E-state index contributed by atoms with van der Waals surface area (Å²) in [7, 11) is 0. The maximum Gasteiger partial charge on any atom is 0.313 e. The molecule has 48 heavy (non-hydrogen) atoms. The summed E-state index contributed by atoms with van der Waals surface area (Å²) in [6.07, 6.45) is 26.7. The molecule has 9 nitrogen and oxygen atoms in total. The number of guanidine groups is 2. The molecule has 0 aromatic carbocycles. The van der Waals surface area contributed by atoms with Crippen LogP contribution in [0.4, 0.5) is 0 Å². The van der Waals surface area contributed by atoms with Gasteiger partial charge in [-0.2, -0.15) is 0 Å². The third-order valence-corrected chi connectivity index (χ3v) is 12.8. The highest BCUT2D eigenvalue weighted by Gasteiger charge is 2.51. The van der Waals surface area contributed by atoms with Gasteiger partial charge in [0.05, 0.1) is 30.1 Å². The second kappa shape index (κ2) is 16.8. The van der Waals surface area contributed by atoms with Gasteiger partial charge < -0.3 is 19.9 Å². The number of ether oxygens (including phenoxy) is 1. The van der Waals surface area contributed by atoms with Crippen LogP contribution in [-0.4, -0.2) is 92.4 Å². The molecular formula is C39H68N6O3. The molecule has 9 heteroatoms. The van der Waals surface area contributed by atoms with Crippen molar-refractivity contribution in [2.24, 2.45) is 15.9 Å². The van der Waals surface area contributed by atoms with Crippen molar-refractivity contribution in [3.8, 4) is 0 Å². The molecular weight excluding hydrogens is 600 g/mol. The van der Waals surface area contributed by atoms with Gasteiger partial charge in [0.15, 0.2) is 5.96 Å². The largest absolute Gasteiger partial charge is 0.462 e. The normalized spacial score (nSPS) is 34.3. The molecule has 2 N–H and O–H groups in total. The first-order valence-electron chi connectivity index (χ1n) is 20.5. The Morgan fingerprint density at radius 1 is 0.833 bits per heavy atom. The average Bonchev–Trinajstić information content (AvgIpc) is 3.67. The van der Waals surface area contributed by atoms with Crippen molar-refractivity contribution in [3.05, 3.63) is 0 Å². The molecule has 0 aromatic heterocycles. The molecule has 10 atom stereocenters. The van der Waals surface area contributed by atoms with Crippen molar-refractivity contribution >= 4 is 17.9 Å². The topological polar surface area (TPSA) is 93.0 Å². The van der Waals surface area contributed by atoms with Gasteiger partial charge in [-0.25, -0.2) is 15.0 Å². The zero-order valence-corrected chi connectivity index (χ0v) is 30.8. The number of aliphatic imine (C=N–C) groups is 2. The fourth-order valence-corrected chi connectivity index (χ4v) is 10.1. The molecule has 6 aliphatic heterocycles. The monoisotopic (exact) mass is 669 g/mol. The molecule has 0 amide bonds. The highest BCUT2D eigenvalue weighted by molar-refractivity contribution is 5.86. The minimum atomic E-state index is -0.164. The second-order valence-corrected chi connectivity index (χ2v) is 16.5. The third-order valence-electron chi connectivity index (χ3n) is 12.8. The number of unbranched alkanes of at least 4 members (excludes halogenated alkanes) is 10. The van der Waals surface area contributed by atoms with E-state index in [-0.39, 0.29) is 36.1 Å². The van der Waals surface area contributed by atoms with Crippen LogP contribution in [0.15, 0.2) is 9.98 Å². The Kier molecular flexibility index (Phi) is 12.5. The molecule has 4 fully saturated rings. The number of hydrogen-bond donors (Lipinski definition) is 2. The van der Waals surface area contributed by atoms with Gasteiger partial charge >= 0.3 is 5.97 Å². The summed E-state index contributed by atoms with van der Waals surface area (Å²) in [4.78, 5) is 28.5. The molecule has 1 unspecified atom stereocenters. The first-order chi connectivity index (χ1) is 23.3. The van der Waals surface area contributed by atoms with Gasteiger partial charge in [0.2, 0.25) is 5.96 Å². The number of nitrogens with one attached hydrogen (secondary N) is 1. The lowest BCUT2D eigenvalue weighted by molar-refractivity contribution is -0.156. The lowest BCUT2D eigenvalue weighted by atomic mass is 9.89. The zero-order valence-electron chi connectivity index (χ0n) is 30.8. The van der Waals surface area contributed by atoms with E-state index in [1.807, 2.05) is 0 Å². The van der Waals surface area contributed by atoms with Crippen molar-refractivity contribution in [3.63, 3.8) is 0 Å². The van der Waals surface area contributed by atoms with Gasteiger partial charge in [0, 0.05) is 30.2 Å². The number of carbonyl (C=O) groups excluding carboxylic acids is 1. The molecule has 0 spiro atoms. The summed E-state index contributed by atoms with van der Waals surface area (Å²) >= 11 is 0. The Labute approximate surface area is 291 Å². The lowest BCUT2D eigenvalue weighted by Gasteiger charge is -2.47. The summed E-state index contributed by atoms with van der Waals surface area (Å²) in [6, 6.07) is 2.85. The van der Waals surface area contributed by atoms with Gasteiger partial charge in [0.1, 0.15) is 0 Å². The number of carbonyl (C=O) groups is 1. The van der Waals surface area contributed by atoms with Crippen LogP contribution in [0.3, 0.4) is 0 Å². The fourth-order valence-electron chi connectivity index (χ4n) is 10.1. The van der Waals surface area contributed by atoms with Gasteiger partial charge in [-0.15, -0.1) is 0 Å². The molecule has 4 saturated heterocycles. The quantitative estimate of drug-likeness (QED) is 0.114. The molecule has 0 aromatic rings. The van der Waals surface area contributed by atoms with E-state index in [1.165, 1.54) is 101 Å². The third kappa shape index (κ3) is 8.29. The number of hydrogen-bond acceptors (Lipinski definition) is 9. The van der Waals surface area contributed by atoms with E-state index < -0.39 is 0 Å². The van der Waals surface area contributed by atoms with Crippen molar-refractivity contribution in [1.82, 2.24) is 20.2 Å². The van der Waals surface area contributed by atoms with Crippen LogP contribution >= 0.6 is 0 Å². The SMILES string of the molecule is CCCCCCCCC[C@@H]1C[C@@H]2CC[C@H]3[C@@H](C(=O)OC(C)CCCCCCC[C@@H]4C[C@@H]5CC[C@H]6C[C@@H](C)N(O)C(=N4)N56)[C@@H](C)N=C(N1)N23. The Balaban J connectivity index is 0.866. The summed E-state index contributed by atoms with van der Waals surface area (Å²) in [5.74, 6) is 1.70. The van der Waals surface area contributed by atoms with E-state index in [9.17, 15) is 10.0 Å². The van der Waals surface area contributed by atoms with E-state index >= 15 is 0 Å². The Bertz CT molecular complexity index is 1120. The first-order valence-corrected chi connectivity index (χ1v) is 20.5. The first kappa shape index (κ1) is 35.8. The maximum absolute atomic E-state index is 13.5. The highest BCUT2D eigenvalue weighted by atomic mass is 16.5. The molecule has 6 heterocycles. The molecule has 0 aliphatic carbocycles. The molecule has 0 saturated carbocycles. The molecule has 0 bridgehead atoms. The van der Waals surface area contributed by atoms with Crippen LogP contribution in [0.1, 0.15) is 169 Å². The van der Waals surface area contributed by atoms with Crippen molar-refractivity contribution in [2.75, 3.05) is 0 Å². The van der Waals surface area contributed by atoms with Crippen LogP contribution < -0.4 is 5.32 Å². The number of nitrogens with zero attached hydrogens (tertiary/aromatic N) is 5. The zero-order chi connectivity index (χ0) is 33.6. The van der Waals surface area contributed by atoms with Crippen molar-refractivity contribution in [2.45, 2.75) is 223 Å². The van der Waals surface area contributed by atoms with Gasteiger partial charge in [-0.3, -0.25) is 10.0 Å². The smallest absolute Gasteiger partial charge is 0.313 e. The lowest BCUT2D eigenvalue weighted by Crippen LogP contribution is -2.63. The Morgan fingerprint density at radius 3 is 2.25 bits per heavy atom. The van der Waals surface area contributed by atoms with Crippen molar-refractivity contribution < 1.29 is 14.7 Å². The number of esters is 1. The molecule has 272 valence electrons. The van der Waals surface area contributed by atoms with Crippen LogP contribution in [0, 0.1) is 5.92 Å². The molecule has 0 radical (unpaired) electrons. The summed E-state index contributed by atoms with van der Waals surface area (Å²) in [5, 5.41) is 15.9. The maximum atomic E-state index is 13.5. The predicted molar refractivity (Wildman–Crippen MR) is 193 cm³/mol. The Morgan fingerprint density at radius 2 is 1.48 bits per heavy atom. The van der Waals surface area contributed by atoms with Gasteiger partial charge in [-0.1, -0.05) is 77.6 Å². The van der Waals surface area contributed by atoms with E-state index in [0.29, 0.717) is 30.2 Å².